The number of hydrogen-bond acceptors (Lipinski definition) is 8. The van der Waals surface area contributed by atoms with Crippen molar-refractivity contribution in [3.63, 3.8) is 0 Å². The average molecular weight is 487 g/mol. The SMILES string of the molecule is O=c1ccc2ncc(F)c3c2n1CC3(F)CN1CCC(NCc2cc3c(nn2)SCCO3)CC1. The van der Waals surface area contributed by atoms with E-state index in [1.165, 1.54) is 16.7 Å². The third kappa shape index (κ3) is 3.85. The van der Waals surface area contributed by atoms with E-state index in [9.17, 15) is 9.18 Å². The highest BCUT2D eigenvalue weighted by Gasteiger charge is 2.45. The van der Waals surface area contributed by atoms with E-state index in [0.717, 1.165) is 41.3 Å². The largest absolute Gasteiger partial charge is 0.490 e. The molecule has 1 N–H and O–H groups in total. The molecule has 0 spiro atoms. The molecule has 1 fully saturated rings. The molecule has 0 saturated carbocycles. The molecule has 6 heterocycles. The van der Waals surface area contributed by atoms with Gasteiger partial charge in [0.1, 0.15) is 5.82 Å². The van der Waals surface area contributed by atoms with E-state index in [-0.39, 0.29) is 35.8 Å². The van der Waals surface area contributed by atoms with Crippen LogP contribution in [0.1, 0.15) is 24.1 Å². The third-order valence-corrected chi connectivity index (χ3v) is 7.73. The van der Waals surface area contributed by atoms with E-state index in [0.29, 0.717) is 31.8 Å². The van der Waals surface area contributed by atoms with Gasteiger partial charge in [0.05, 0.1) is 41.6 Å². The molecule has 1 atom stereocenters. The van der Waals surface area contributed by atoms with Crippen molar-refractivity contribution >= 4 is 22.8 Å². The molecule has 3 aromatic heterocycles. The summed E-state index contributed by atoms with van der Waals surface area (Å²) >= 11 is 1.65. The van der Waals surface area contributed by atoms with Crippen LogP contribution < -0.4 is 15.6 Å². The second-order valence-electron chi connectivity index (χ2n) is 9.07. The number of aromatic nitrogens is 4. The Hall–Kier alpha value is -2.63. The molecule has 3 aliphatic heterocycles. The molecule has 3 aliphatic rings. The number of halogens is 2. The van der Waals surface area contributed by atoms with Gasteiger partial charge in [0, 0.05) is 37.0 Å². The molecular weight excluding hydrogens is 462 g/mol. The Kier molecular flexibility index (Phi) is 5.50. The molecule has 8 nitrogen and oxygen atoms in total. The molecule has 0 bridgehead atoms. The van der Waals surface area contributed by atoms with Crippen LogP contribution in [0.25, 0.3) is 11.0 Å². The van der Waals surface area contributed by atoms with Gasteiger partial charge >= 0.3 is 0 Å². The summed E-state index contributed by atoms with van der Waals surface area (Å²) < 4.78 is 37.9. The fourth-order valence-electron chi connectivity index (χ4n) is 5.16. The van der Waals surface area contributed by atoms with Crippen molar-refractivity contribution in [2.75, 3.05) is 32.0 Å². The number of likely N-dealkylation sites (tertiary alicyclic amines) is 1. The fourth-order valence-corrected chi connectivity index (χ4v) is 5.88. The fraction of sp³-hybridized carbons (Fsp3) is 0.478. The summed E-state index contributed by atoms with van der Waals surface area (Å²) in [5.41, 5.74) is -0.791. The maximum absolute atomic E-state index is 16.2. The molecule has 0 amide bonds. The van der Waals surface area contributed by atoms with Gasteiger partial charge in [-0.2, -0.15) is 5.10 Å². The monoisotopic (exact) mass is 486 g/mol. The number of fused-ring (bicyclic) bond motifs is 1. The number of nitrogens with one attached hydrogen (secondary N) is 1. The highest BCUT2D eigenvalue weighted by molar-refractivity contribution is 7.99. The van der Waals surface area contributed by atoms with Crippen molar-refractivity contribution in [1.29, 1.82) is 0 Å². The number of alkyl halides is 1. The van der Waals surface area contributed by atoms with Crippen LogP contribution in [0.4, 0.5) is 8.78 Å². The zero-order valence-corrected chi connectivity index (χ0v) is 19.3. The maximum atomic E-state index is 16.2. The summed E-state index contributed by atoms with van der Waals surface area (Å²) in [6, 6.07) is 5.09. The quantitative estimate of drug-likeness (QED) is 0.588. The van der Waals surface area contributed by atoms with Crippen molar-refractivity contribution in [3.05, 3.63) is 51.8 Å². The molecule has 34 heavy (non-hydrogen) atoms. The van der Waals surface area contributed by atoms with Crippen LogP contribution in [0.3, 0.4) is 0 Å². The van der Waals surface area contributed by atoms with Crippen molar-refractivity contribution in [1.82, 2.24) is 30.0 Å². The minimum atomic E-state index is -1.96. The topological polar surface area (TPSA) is 85.2 Å². The lowest BCUT2D eigenvalue weighted by molar-refractivity contribution is 0.0636. The Morgan fingerprint density at radius 1 is 1.26 bits per heavy atom. The van der Waals surface area contributed by atoms with E-state index >= 15 is 4.39 Å². The Labute approximate surface area is 198 Å². The van der Waals surface area contributed by atoms with Gasteiger partial charge in [0.2, 0.25) is 0 Å². The van der Waals surface area contributed by atoms with Crippen LogP contribution in [0, 0.1) is 5.82 Å². The Morgan fingerprint density at radius 3 is 2.97 bits per heavy atom. The minimum Gasteiger partial charge on any atom is -0.490 e. The van der Waals surface area contributed by atoms with Crippen LogP contribution >= 0.6 is 11.8 Å². The lowest BCUT2D eigenvalue weighted by Gasteiger charge is -2.36. The van der Waals surface area contributed by atoms with Crippen molar-refractivity contribution < 1.29 is 13.5 Å². The third-order valence-electron chi connectivity index (χ3n) is 6.80. The van der Waals surface area contributed by atoms with Gasteiger partial charge in [-0.05, 0) is 32.0 Å². The number of ether oxygens (including phenoxy) is 1. The van der Waals surface area contributed by atoms with E-state index < -0.39 is 11.5 Å². The van der Waals surface area contributed by atoms with Crippen LogP contribution in [0.15, 0.2) is 34.2 Å². The molecule has 6 rings (SSSR count). The molecule has 0 radical (unpaired) electrons. The van der Waals surface area contributed by atoms with E-state index in [1.54, 1.807) is 11.8 Å². The van der Waals surface area contributed by atoms with Gasteiger partial charge in [-0.3, -0.25) is 14.7 Å². The van der Waals surface area contributed by atoms with Crippen molar-refractivity contribution in [2.24, 2.45) is 0 Å². The van der Waals surface area contributed by atoms with Crippen LogP contribution in [0.2, 0.25) is 0 Å². The summed E-state index contributed by atoms with van der Waals surface area (Å²) in [5.74, 6) is 0.983. The van der Waals surface area contributed by atoms with Gasteiger partial charge in [-0.15, -0.1) is 5.10 Å². The molecule has 178 valence electrons. The number of rotatable bonds is 5. The molecular formula is C23H24F2N6O2S. The van der Waals surface area contributed by atoms with E-state index in [1.807, 2.05) is 11.0 Å². The summed E-state index contributed by atoms with van der Waals surface area (Å²) in [7, 11) is 0. The number of nitrogens with zero attached hydrogens (tertiary/aromatic N) is 5. The highest BCUT2D eigenvalue weighted by atomic mass is 32.2. The number of thioether (sulfide) groups is 1. The zero-order chi connectivity index (χ0) is 23.3. The molecule has 1 saturated heterocycles. The standard InChI is InChI=1S/C23H24F2N6O2S/c24-16-11-27-17-1-2-19(32)31-13-23(25,20(16)21(17)31)12-30-5-3-14(4-6-30)26-10-15-9-18-22(29-28-15)34-8-7-33-18/h1-2,9,11,14,26H,3-8,10,12-13H2. The molecule has 3 aromatic rings. The highest BCUT2D eigenvalue weighted by Crippen LogP contribution is 2.41. The predicted molar refractivity (Wildman–Crippen MR) is 123 cm³/mol. The Morgan fingerprint density at radius 2 is 2.12 bits per heavy atom. The smallest absolute Gasteiger partial charge is 0.251 e. The maximum Gasteiger partial charge on any atom is 0.251 e. The summed E-state index contributed by atoms with van der Waals surface area (Å²) in [6.45, 7) is 2.49. The lowest BCUT2D eigenvalue weighted by atomic mass is 9.95. The van der Waals surface area contributed by atoms with Crippen LogP contribution in [-0.2, 0) is 18.8 Å². The second-order valence-corrected chi connectivity index (χ2v) is 10.2. The van der Waals surface area contributed by atoms with Gasteiger partial charge < -0.3 is 14.6 Å². The Bertz CT molecular complexity index is 1310. The van der Waals surface area contributed by atoms with E-state index in [2.05, 4.69) is 20.5 Å². The summed E-state index contributed by atoms with van der Waals surface area (Å²) in [6.07, 6.45) is 2.72. The number of piperidine rings is 1. The first-order chi connectivity index (χ1) is 16.5. The minimum absolute atomic E-state index is 0.0400. The molecule has 0 aliphatic carbocycles. The summed E-state index contributed by atoms with van der Waals surface area (Å²) in [5, 5.41) is 12.9. The first-order valence-corrected chi connectivity index (χ1v) is 12.4. The van der Waals surface area contributed by atoms with Gasteiger partial charge in [-0.1, -0.05) is 11.8 Å². The lowest BCUT2D eigenvalue weighted by Crippen LogP contribution is -2.47. The van der Waals surface area contributed by atoms with Gasteiger partial charge in [0.15, 0.2) is 16.4 Å². The van der Waals surface area contributed by atoms with Gasteiger partial charge in [-0.25, -0.2) is 8.78 Å². The number of hydrogen-bond donors (Lipinski definition) is 1. The second kappa shape index (κ2) is 8.54. The van der Waals surface area contributed by atoms with E-state index in [4.69, 9.17) is 4.74 Å². The Balaban J connectivity index is 1.09. The molecule has 11 heteroatoms. The predicted octanol–water partition coefficient (Wildman–Crippen LogP) is 2.24. The van der Waals surface area contributed by atoms with Crippen LogP contribution in [0.5, 0.6) is 5.75 Å². The molecule has 0 aromatic carbocycles. The van der Waals surface area contributed by atoms with Crippen molar-refractivity contribution in [2.45, 2.75) is 42.7 Å². The average Bonchev–Trinajstić information content (AvgIpc) is 3.17. The van der Waals surface area contributed by atoms with Gasteiger partial charge in [0.25, 0.3) is 5.56 Å². The normalized spacial score (nSPS) is 22.6. The summed E-state index contributed by atoms with van der Waals surface area (Å²) in [4.78, 5) is 18.4. The van der Waals surface area contributed by atoms with Crippen molar-refractivity contribution in [3.8, 4) is 5.75 Å². The zero-order valence-electron chi connectivity index (χ0n) is 18.5. The first kappa shape index (κ1) is 21.9. The first-order valence-electron chi connectivity index (χ1n) is 11.5. The number of pyridine rings is 2. The van der Waals surface area contributed by atoms with Crippen LogP contribution in [-0.4, -0.2) is 62.7 Å². The molecule has 1 unspecified atom stereocenters.